The smallest absolute Gasteiger partial charge is 0.287 e. The van der Waals surface area contributed by atoms with Crippen molar-refractivity contribution in [3.05, 3.63) is 107 Å². The number of hydrogen-bond acceptors (Lipinski definition) is 1. The summed E-state index contributed by atoms with van der Waals surface area (Å²) in [6.07, 6.45) is 2.23. The van der Waals surface area contributed by atoms with E-state index in [1.807, 2.05) is 0 Å². The molecular formula is C41H43N2O+. The van der Waals surface area contributed by atoms with E-state index in [0.29, 0.717) is 11.8 Å². The van der Waals surface area contributed by atoms with Gasteiger partial charge in [0.25, 0.3) is 5.82 Å². The molecule has 0 spiro atoms. The number of para-hydroxylation sites is 2. The highest BCUT2D eigenvalue weighted by molar-refractivity contribution is 6.26. The molecule has 7 rings (SSSR count). The largest absolute Gasteiger partial charge is 0.455 e. The minimum atomic E-state index is -0.0864. The Bertz CT molecular complexity index is 2210. The Labute approximate surface area is 260 Å². The van der Waals surface area contributed by atoms with Gasteiger partial charge in [0.15, 0.2) is 0 Å². The monoisotopic (exact) mass is 579 g/mol. The lowest BCUT2D eigenvalue weighted by atomic mass is 9.80. The van der Waals surface area contributed by atoms with Crippen LogP contribution in [0.15, 0.2) is 89.5 Å². The molecule has 3 aromatic heterocycles. The zero-order chi connectivity index (χ0) is 31.1. The molecule has 0 atom stereocenters. The predicted octanol–water partition coefficient (Wildman–Crippen LogP) is 11.0. The summed E-state index contributed by atoms with van der Waals surface area (Å²) in [5.74, 6) is 1.99. The van der Waals surface area contributed by atoms with Gasteiger partial charge in [-0.05, 0) is 76.3 Å². The lowest BCUT2D eigenvalue weighted by molar-refractivity contribution is -0.665. The second-order valence-corrected chi connectivity index (χ2v) is 14.1. The number of rotatable bonds is 4. The highest BCUT2D eigenvalue weighted by Crippen LogP contribution is 2.47. The van der Waals surface area contributed by atoms with Gasteiger partial charge in [-0.2, -0.15) is 4.57 Å². The van der Waals surface area contributed by atoms with E-state index in [2.05, 4.69) is 157 Å². The maximum atomic E-state index is 6.80. The Kier molecular flexibility index (Phi) is 6.51. The summed E-state index contributed by atoms with van der Waals surface area (Å²) in [5, 5.41) is 4.83. The second-order valence-electron chi connectivity index (χ2n) is 14.1. The van der Waals surface area contributed by atoms with E-state index >= 15 is 0 Å². The average Bonchev–Trinajstić information content (AvgIpc) is 3.53. The van der Waals surface area contributed by atoms with E-state index in [1.165, 1.54) is 66.0 Å². The molecular weight excluding hydrogens is 536 g/mol. The third-order valence-corrected chi connectivity index (χ3v) is 9.44. The minimum absolute atomic E-state index is 0.0864. The van der Waals surface area contributed by atoms with Crippen LogP contribution in [0.25, 0.3) is 60.7 Å². The Morgan fingerprint density at radius 1 is 0.750 bits per heavy atom. The molecule has 0 radical (unpaired) electrons. The maximum absolute atomic E-state index is 6.80. The molecule has 0 amide bonds. The summed E-state index contributed by atoms with van der Waals surface area (Å²) in [7, 11) is 2.16. The Hall–Kier alpha value is -4.37. The highest BCUT2D eigenvalue weighted by atomic mass is 16.3. The van der Waals surface area contributed by atoms with Gasteiger partial charge in [0, 0.05) is 27.8 Å². The molecule has 3 heteroatoms. The molecule has 0 aliphatic carbocycles. The maximum Gasteiger partial charge on any atom is 0.287 e. The van der Waals surface area contributed by atoms with Crippen molar-refractivity contribution in [2.24, 2.45) is 7.05 Å². The first-order valence-electron chi connectivity index (χ1n) is 16.0. The number of aromatic nitrogens is 2. The van der Waals surface area contributed by atoms with Gasteiger partial charge in [-0.25, -0.2) is 4.57 Å². The predicted molar refractivity (Wildman–Crippen MR) is 186 cm³/mol. The fourth-order valence-electron chi connectivity index (χ4n) is 7.60. The number of pyridine rings is 1. The third-order valence-electron chi connectivity index (χ3n) is 9.44. The fraction of sp³-hybridized carbons (Fsp3) is 0.293. The van der Waals surface area contributed by atoms with Crippen molar-refractivity contribution in [1.29, 1.82) is 0 Å². The van der Waals surface area contributed by atoms with E-state index in [4.69, 9.17) is 4.42 Å². The van der Waals surface area contributed by atoms with Crippen LogP contribution in [0.5, 0.6) is 0 Å². The van der Waals surface area contributed by atoms with Crippen molar-refractivity contribution in [2.45, 2.75) is 72.6 Å². The minimum Gasteiger partial charge on any atom is -0.455 e. The standard InChI is InChI=1S/C41H43N2O/c1-24(2)28-17-14-18-29(25(3)4)35(28)27-21-22-42(9)34(23-27)43-32-19-12-10-15-30(32)37-39(43)26(5)38(41(6,7)8)36-31-16-11-13-20-33(31)44-40(36)37/h10-25H,1-9H3/q+1. The van der Waals surface area contributed by atoms with Gasteiger partial charge in [-0.15, -0.1) is 0 Å². The molecule has 3 heterocycles. The summed E-state index contributed by atoms with van der Waals surface area (Å²) in [6.45, 7) is 18.5. The van der Waals surface area contributed by atoms with Crippen LogP contribution in [0.3, 0.4) is 0 Å². The number of hydrogen-bond donors (Lipinski definition) is 0. The summed E-state index contributed by atoms with van der Waals surface area (Å²) in [5.41, 5.74) is 12.3. The van der Waals surface area contributed by atoms with E-state index in [1.54, 1.807) is 0 Å². The van der Waals surface area contributed by atoms with Crippen molar-refractivity contribution in [3.8, 4) is 16.9 Å². The van der Waals surface area contributed by atoms with Crippen LogP contribution >= 0.6 is 0 Å². The van der Waals surface area contributed by atoms with Crippen LogP contribution in [0, 0.1) is 6.92 Å². The van der Waals surface area contributed by atoms with E-state index < -0.39 is 0 Å². The molecule has 44 heavy (non-hydrogen) atoms. The van der Waals surface area contributed by atoms with Gasteiger partial charge in [-0.1, -0.05) is 97.0 Å². The van der Waals surface area contributed by atoms with Crippen molar-refractivity contribution in [2.75, 3.05) is 0 Å². The molecule has 0 bridgehead atoms. The van der Waals surface area contributed by atoms with Crippen molar-refractivity contribution >= 4 is 43.7 Å². The lowest BCUT2D eigenvalue weighted by Crippen LogP contribution is -2.33. The summed E-state index contributed by atoms with van der Waals surface area (Å²) in [6, 6.07) is 28.8. The van der Waals surface area contributed by atoms with Gasteiger partial charge in [0.1, 0.15) is 22.2 Å². The zero-order valence-corrected chi connectivity index (χ0v) is 27.5. The Morgan fingerprint density at radius 2 is 1.39 bits per heavy atom. The molecule has 7 aromatic rings. The van der Waals surface area contributed by atoms with Gasteiger partial charge in [-0.3, -0.25) is 0 Å². The van der Waals surface area contributed by atoms with Crippen LogP contribution in [-0.2, 0) is 12.5 Å². The van der Waals surface area contributed by atoms with E-state index in [9.17, 15) is 0 Å². The number of aryl methyl sites for hydroxylation is 2. The molecule has 4 aromatic carbocycles. The topological polar surface area (TPSA) is 21.9 Å². The number of benzene rings is 4. The Morgan fingerprint density at radius 3 is 2.05 bits per heavy atom. The second kappa shape index (κ2) is 10.1. The van der Waals surface area contributed by atoms with E-state index in [-0.39, 0.29) is 5.41 Å². The van der Waals surface area contributed by atoms with Gasteiger partial charge < -0.3 is 4.42 Å². The average molecular weight is 580 g/mol. The number of nitrogens with zero attached hydrogens (tertiary/aromatic N) is 2. The van der Waals surface area contributed by atoms with Crippen LogP contribution < -0.4 is 4.57 Å². The summed E-state index contributed by atoms with van der Waals surface area (Å²) in [4.78, 5) is 0. The zero-order valence-electron chi connectivity index (χ0n) is 27.5. The SMILES string of the molecule is Cc1c(C(C)(C)C)c2c3ccccc3oc2c2c3ccccc3n(-c3cc(-c4c(C(C)C)cccc4C(C)C)cc[n+]3C)c12. The third kappa shape index (κ3) is 4.13. The molecule has 0 aliphatic heterocycles. The summed E-state index contributed by atoms with van der Waals surface area (Å²) < 4.78 is 11.6. The van der Waals surface area contributed by atoms with E-state index in [0.717, 1.165) is 17.0 Å². The van der Waals surface area contributed by atoms with Crippen molar-refractivity contribution in [1.82, 2.24) is 4.57 Å². The first-order valence-corrected chi connectivity index (χ1v) is 16.0. The molecule has 0 unspecified atom stereocenters. The quantitative estimate of drug-likeness (QED) is 0.190. The first-order chi connectivity index (χ1) is 21.0. The molecule has 3 nitrogen and oxygen atoms in total. The van der Waals surface area contributed by atoms with Crippen LogP contribution in [0.1, 0.15) is 82.6 Å². The molecule has 0 saturated carbocycles. The molecule has 222 valence electrons. The molecule has 0 fully saturated rings. The van der Waals surface area contributed by atoms with Gasteiger partial charge in [0.05, 0.1) is 18.6 Å². The first kappa shape index (κ1) is 28.4. The Balaban J connectivity index is 1.67. The van der Waals surface area contributed by atoms with Gasteiger partial charge >= 0.3 is 0 Å². The van der Waals surface area contributed by atoms with Crippen LogP contribution in [0.4, 0.5) is 0 Å². The number of fused-ring (bicyclic) bond motifs is 7. The fourth-order valence-corrected chi connectivity index (χ4v) is 7.60. The normalized spacial score (nSPS) is 12.6. The molecule has 0 aliphatic rings. The highest BCUT2D eigenvalue weighted by Gasteiger charge is 2.33. The van der Waals surface area contributed by atoms with Crippen LogP contribution in [0.2, 0.25) is 0 Å². The molecule has 0 N–H and O–H groups in total. The van der Waals surface area contributed by atoms with Gasteiger partial charge in [0.2, 0.25) is 0 Å². The summed E-state index contributed by atoms with van der Waals surface area (Å²) >= 11 is 0. The van der Waals surface area contributed by atoms with Crippen molar-refractivity contribution in [3.63, 3.8) is 0 Å². The number of furan rings is 1. The van der Waals surface area contributed by atoms with Crippen LogP contribution in [-0.4, -0.2) is 4.57 Å². The lowest BCUT2D eigenvalue weighted by Gasteiger charge is -2.23. The molecule has 0 saturated heterocycles. The van der Waals surface area contributed by atoms with Crippen molar-refractivity contribution < 1.29 is 8.98 Å².